The molecule has 0 unspecified atom stereocenters. The predicted molar refractivity (Wildman–Crippen MR) is 82.9 cm³/mol. The normalized spacial score (nSPS) is 10.7. The summed E-state index contributed by atoms with van der Waals surface area (Å²) in [5.74, 6) is -1.42. The van der Waals surface area contributed by atoms with E-state index in [0.29, 0.717) is 11.7 Å². The summed E-state index contributed by atoms with van der Waals surface area (Å²) in [5.41, 5.74) is 6.60. The Hall–Kier alpha value is -2.01. The first kappa shape index (κ1) is 15.4. The minimum atomic E-state index is -0.842. The summed E-state index contributed by atoms with van der Waals surface area (Å²) in [6.45, 7) is 4.12. The van der Waals surface area contributed by atoms with Crippen LogP contribution in [0.15, 0.2) is 36.4 Å². The van der Waals surface area contributed by atoms with E-state index in [1.165, 1.54) is 0 Å². The molecule has 0 saturated heterocycles. The van der Waals surface area contributed by atoms with Crippen molar-refractivity contribution in [2.75, 3.05) is 0 Å². The monoisotopic (exact) mass is 307 g/mol. The Morgan fingerprint density at radius 2 is 1.62 bits per heavy atom. The molecule has 2 aromatic rings. The number of nitrogens with two attached hydrogens (primary N) is 1. The van der Waals surface area contributed by atoms with Crippen LogP contribution in [-0.2, 0) is 0 Å². The summed E-state index contributed by atoms with van der Waals surface area (Å²) >= 11 is 4.70. The van der Waals surface area contributed by atoms with Crippen LogP contribution in [-0.4, -0.2) is 4.99 Å². The van der Waals surface area contributed by atoms with Gasteiger partial charge in [0.15, 0.2) is 17.4 Å². The summed E-state index contributed by atoms with van der Waals surface area (Å²) in [4.78, 5) is -0.0689. The molecule has 0 aliphatic heterocycles. The third-order valence-corrected chi connectivity index (χ3v) is 3.29. The number of halogens is 2. The molecular formula is C16H15F2NOS. The van der Waals surface area contributed by atoms with Crippen molar-refractivity contribution in [3.8, 4) is 11.5 Å². The Kier molecular flexibility index (Phi) is 4.53. The molecule has 2 rings (SSSR count). The van der Waals surface area contributed by atoms with Gasteiger partial charge in [0.1, 0.15) is 10.7 Å². The van der Waals surface area contributed by atoms with Gasteiger partial charge in [0, 0.05) is 5.56 Å². The van der Waals surface area contributed by atoms with Crippen LogP contribution in [0.5, 0.6) is 11.5 Å². The van der Waals surface area contributed by atoms with Crippen LogP contribution in [0.3, 0.4) is 0 Å². The van der Waals surface area contributed by atoms with Crippen molar-refractivity contribution in [2.24, 2.45) is 5.73 Å². The third-order valence-electron chi connectivity index (χ3n) is 3.05. The SMILES string of the molecule is CC(C)c1ccc(Oc2c(F)cc(C(N)=S)cc2F)cc1. The van der Waals surface area contributed by atoms with E-state index in [9.17, 15) is 8.78 Å². The first-order valence-corrected chi connectivity index (χ1v) is 6.86. The third kappa shape index (κ3) is 3.55. The molecule has 5 heteroatoms. The Bertz CT molecular complexity index is 645. The van der Waals surface area contributed by atoms with Crippen molar-refractivity contribution in [3.05, 3.63) is 59.2 Å². The van der Waals surface area contributed by atoms with Gasteiger partial charge in [-0.2, -0.15) is 0 Å². The van der Waals surface area contributed by atoms with E-state index < -0.39 is 17.4 Å². The van der Waals surface area contributed by atoms with Gasteiger partial charge in [-0.3, -0.25) is 0 Å². The zero-order chi connectivity index (χ0) is 15.6. The molecule has 0 saturated carbocycles. The van der Waals surface area contributed by atoms with Crippen LogP contribution in [0.2, 0.25) is 0 Å². The quantitative estimate of drug-likeness (QED) is 0.844. The molecule has 0 radical (unpaired) electrons. The summed E-state index contributed by atoms with van der Waals surface area (Å²) in [7, 11) is 0. The molecule has 110 valence electrons. The smallest absolute Gasteiger partial charge is 0.198 e. The Balaban J connectivity index is 2.29. The van der Waals surface area contributed by atoms with Crippen molar-refractivity contribution in [2.45, 2.75) is 19.8 Å². The van der Waals surface area contributed by atoms with Crippen molar-refractivity contribution in [1.29, 1.82) is 0 Å². The predicted octanol–water partition coefficient (Wildman–Crippen LogP) is 4.51. The second kappa shape index (κ2) is 6.18. The first-order chi connectivity index (χ1) is 9.88. The van der Waals surface area contributed by atoms with E-state index in [-0.39, 0.29) is 10.6 Å². The summed E-state index contributed by atoms with van der Waals surface area (Å²) in [5, 5.41) is 0. The molecule has 2 N–H and O–H groups in total. The standard InChI is InChI=1S/C16H15F2NOS/c1-9(2)10-3-5-12(6-4-10)20-15-13(17)7-11(16(19)21)8-14(15)18/h3-9H,1-2H3,(H2,19,21). The van der Waals surface area contributed by atoms with Gasteiger partial charge in [0.2, 0.25) is 0 Å². The number of hydrogen-bond donors (Lipinski definition) is 1. The maximum Gasteiger partial charge on any atom is 0.198 e. The Morgan fingerprint density at radius 3 is 2.05 bits per heavy atom. The van der Waals surface area contributed by atoms with Gasteiger partial charge < -0.3 is 10.5 Å². The highest BCUT2D eigenvalue weighted by atomic mass is 32.1. The van der Waals surface area contributed by atoms with Crippen LogP contribution in [0.1, 0.15) is 30.9 Å². The van der Waals surface area contributed by atoms with E-state index >= 15 is 0 Å². The summed E-state index contributed by atoms with van der Waals surface area (Å²) < 4.78 is 33.0. The Morgan fingerprint density at radius 1 is 1.10 bits per heavy atom. The fraction of sp³-hybridized carbons (Fsp3) is 0.188. The highest BCUT2D eigenvalue weighted by Crippen LogP contribution is 2.29. The van der Waals surface area contributed by atoms with Crippen LogP contribution in [0.4, 0.5) is 8.78 Å². The van der Waals surface area contributed by atoms with Crippen molar-refractivity contribution in [3.63, 3.8) is 0 Å². The van der Waals surface area contributed by atoms with Crippen molar-refractivity contribution in [1.82, 2.24) is 0 Å². The highest BCUT2D eigenvalue weighted by molar-refractivity contribution is 7.80. The Labute approximate surface area is 127 Å². The number of benzene rings is 2. The molecule has 2 nitrogen and oxygen atoms in total. The van der Waals surface area contributed by atoms with Gasteiger partial charge in [-0.25, -0.2) is 8.78 Å². The molecule has 0 fully saturated rings. The lowest BCUT2D eigenvalue weighted by atomic mass is 10.0. The van der Waals surface area contributed by atoms with Crippen LogP contribution < -0.4 is 10.5 Å². The fourth-order valence-corrected chi connectivity index (χ4v) is 1.96. The van der Waals surface area contributed by atoms with E-state index in [0.717, 1.165) is 17.7 Å². The van der Waals surface area contributed by atoms with E-state index in [1.54, 1.807) is 12.1 Å². The molecular weight excluding hydrogens is 292 g/mol. The largest absolute Gasteiger partial charge is 0.451 e. The molecule has 21 heavy (non-hydrogen) atoms. The van der Waals surface area contributed by atoms with Gasteiger partial charge in [0.05, 0.1) is 0 Å². The molecule has 0 amide bonds. The summed E-state index contributed by atoms with van der Waals surface area (Å²) in [6, 6.07) is 9.19. The molecule has 2 aromatic carbocycles. The minimum Gasteiger partial charge on any atom is -0.451 e. The van der Waals surface area contributed by atoms with Crippen molar-refractivity contribution < 1.29 is 13.5 Å². The molecule has 0 heterocycles. The maximum absolute atomic E-state index is 13.9. The lowest BCUT2D eigenvalue weighted by Crippen LogP contribution is -2.10. The first-order valence-electron chi connectivity index (χ1n) is 6.45. The summed E-state index contributed by atoms with van der Waals surface area (Å²) in [6.07, 6.45) is 0. The minimum absolute atomic E-state index is 0.0689. The lowest BCUT2D eigenvalue weighted by Gasteiger charge is -2.11. The van der Waals surface area contributed by atoms with Gasteiger partial charge in [-0.05, 0) is 35.7 Å². The van der Waals surface area contributed by atoms with E-state index in [4.69, 9.17) is 22.7 Å². The maximum atomic E-state index is 13.9. The molecule has 0 aliphatic rings. The van der Waals surface area contributed by atoms with Gasteiger partial charge in [-0.15, -0.1) is 0 Å². The number of thiocarbonyl (C=S) groups is 1. The van der Waals surface area contributed by atoms with E-state index in [1.807, 2.05) is 12.1 Å². The average molecular weight is 307 g/mol. The second-order valence-corrected chi connectivity index (χ2v) is 5.40. The van der Waals surface area contributed by atoms with Crippen LogP contribution in [0.25, 0.3) is 0 Å². The molecule has 0 spiro atoms. The van der Waals surface area contributed by atoms with Gasteiger partial charge >= 0.3 is 0 Å². The molecule has 0 atom stereocenters. The highest BCUT2D eigenvalue weighted by Gasteiger charge is 2.15. The van der Waals surface area contributed by atoms with E-state index in [2.05, 4.69) is 13.8 Å². The van der Waals surface area contributed by atoms with Gasteiger partial charge in [-0.1, -0.05) is 38.2 Å². The average Bonchev–Trinajstić information content (AvgIpc) is 2.43. The van der Waals surface area contributed by atoms with Gasteiger partial charge in [0.25, 0.3) is 0 Å². The lowest BCUT2D eigenvalue weighted by molar-refractivity contribution is 0.407. The topological polar surface area (TPSA) is 35.2 Å². The van der Waals surface area contributed by atoms with Crippen LogP contribution in [0, 0.1) is 11.6 Å². The second-order valence-electron chi connectivity index (χ2n) is 4.96. The number of rotatable bonds is 4. The number of hydrogen-bond acceptors (Lipinski definition) is 2. The molecule has 0 aliphatic carbocycles. The molecule has 0 aromatic heterocycles. The van der Waals surface area contributed by atoms with Crippen molar-refractivity contribution >= 4 is 17.2 Å². The molecule has 0 bridgehead atoms. The fourth-order valence-electron chi connectivity index (χ4n) is 1.84. The zero-order valence-corrected chi connectivity index (χ0v) is 12.5. The van der Waals surface area contributed by atoms with Crippen LogP contribution >= 0.6 is 12.2 Å². The zero-order valence-electron chi connectivity index (χ0n) is 11.7. The number of ether oxygens (including phenoxy) is 1.